The van der Waals surface area contributed by atoms with E-state index in [9.17, 15) is 14.7 Å². The van der Waals surface area contributed by atoms with Gasteiger partial charge >= 0.3 is 0 Å². The number of carboxylic acid groups (broad SMARTS) is 1. The number of hydrogen-bond acceptors (Lipinski definition) is 4. The number of benzene rings is 1. The van der Waals surface area contributed by atoms with Crippen LogP contribution in [-0.2, 0) is 9.59 Å². The molecule has 0 heterocycles. The first kappa shape index (κ1) is 14.1. The summed E-state index contributed by atoms with van der Waals surface area (Å²) in [6.07, 6.45) is 0. The summed E-state index contributed by atoms with van der Waals surface area (Å²) in [6, 6.07) is 7.14. The lowest BCUT2D eigenvalue weighted by Gasteiger charge is -2.11. The first-order valence-electron chi connectivity index (χ1n) is 4.87. The third-order valence-corrected chi connectivity index (χ3v) is 3.57. The number of anilines is 1. The Hall–Kier alpha value is -1.01. The van der Waals surface area contributed by atoms with Crippen LogP contribution >= 0.6 is 27.7 Å². The van der Waals surface area contributed by atoms with Crippen molar-refractivity contribution in [2.24, 2.45) is 0 Å². The van der Waals surface area contributed by atoms with Crippen molar-refractivity contribution in [2.45, 2.75) is 12.2 Å². The van der Waals surface area contributed by atoms with Crippen LogP contribution in [0.15, 0.2) is 28.7 Å². The maximum Gasteiger partial charge on any atom is 0.234 e. The predicted molar refractivity (Wildman–Crippen MR) is 69.7 cm³/mol. The zero-order valence-electron chi connectivity index (χ0n) is 9.10. The average Bonchev–Trinajstić information content (AvgIpc) is 2.29. The fourth-order valence-electron chi connectivity index (χ4n) is 0.999. The summed E-state index contributed by atoms with van der Waals surface area (Å²) in [7, 11) is 0. The second kappa shape index (κ2) is 6.66. The smallest absolute Gasteiger partial charge is 0.234 e. The number of thioether (sulfide) groups is 1. The second-order valence-electron chi connectivity index (χ2n) is 3.33. The molecule has 0 aliphatic rings. The molecule has 4 nitrogen and oxygen atoms in total. The van der Waals surface area contributed by atoms with Gasteiger partial charge in [0.1, 0.15) is 0 Å². The standard InChI is InChI=1S/C11H12BrNO3S/c1-7(11(15)16)17-6-10(14)13-9-4-2-8(12)3-5-9/h2-5,7H,6H2,1H3,(H,13,14)(H,15,16)/p-1/t7-/m0/s1. The van der Waals surface area contributed by atoms with Crippen molar-refractivity contribution in [1.29, 1.82) is 0 Å². The number of carboxylic acids is 1. The van der Waals surface area contributed by atoms with Crippen molar-refractivity contribution in [3.05, 3.63) is 28.7 Å². The molecular formula is C11H11BrNO3S-. The minimum absolute atomic E-state index is 0.0885. The van der Waals surface area contributed by atoms with Crippen LogP contribution in [0.2, 0.25) is 0 Å². The van der Waals surface area contributed by atoms with Crippen molar-refractivity contribution in [3.63, 3.8) is 0 Å². The molecule has 0 aliphatic carbocycles. The highest BCUT2D eigenvalue weighted by atomic mass is 79.9. The molecule has 0 fully saturated rings. The summed E-state index contributed by atoms with van der Waals surface area (Å²) in [5.74, 6) is -1.30. The lowest BCUT2D eigenvalue weighted by atomic mass is 10.3. The molecule has 1 atom stereocenters. The van der Waals surface area contributed by atoms with Crippen molar-refractivity contribution >= 4 is 45.3 Å². The van der Waals surface area contributed by atoms with Crippen molar-refractivity contribution in [2.75, 3.05) is 11.1 Å². The third kappa shape index (κ3) is 5.23. The van der Waals surface area contributed by atoms with Gasteiger partial charge in [0.05, 0.1) is 11.7 Å². The van der Waals surface area contributed by atoms with Crippen molar-refractivity contribution < 1.29 is 14.7 Å². The third-order valence-electron chi connectivity index (χ3n) is 1.92. The Morgan fingerprint density at radius 3 is 2.53 bits per heavy atom. The molecule has 0 radical (unpaired) electrons. The molecule has 1 N–H and O–H groups in total. The van der Waals surface area contributed by atoms with Gasteiger partial charge < -0.3 is 15.2 Å². The SMILES string of the molecule is C[C@H](SCC(=O)Nc1ccc(Br)cc1)C(=O)[O-]. The van der Waals surface area contributed by atoms with E-state index in [4.69, 9.17) is 0 Å². The van der Waals surface area contributed by atoms with Crippen LogP contribution in [0.5, 0.6) is 0 Å². The van der Waals surface area contributed by atoms with Crippen molar-refractivity contribution in [1.82, 2.24) is 0 Å². The number of hydrogen-bond donors (Lipinski definition) is 1. The normalized spacial score (nSPS) is 11.9. The van der Waals surface area contributed by atoms with Crippen LogP contribution in [0.25, 0.3) is 0 Å². The fraction of sp³-hybridized carbons (Fsp3) is 0.273. The lowest BCUT2D eigenvalue weighted by Crippen LogP contribution is -2.32. The molecule has 0 spiro atoms. The Labute approximate surface area is 112 Å². The Morgan fingerprint density at radius 2 is 2.00 bits per heavy atom. The van der Waals surface area contributed by atoms with Crippen LogP contribution in [0.4, 0.5) is 5.69 Å². The minimum atomic E-state index is -1.16. The molecule has 1 amide bonds. The van der Waals surface area contributed by atoms with Crippen LogP contribution < -0.4 is 10.4 Å². The molecule has 0 saturated carbocycles. The summed E-state index contributed by atoms with van der Waals surface area (Å²) in [6.45, 7) is 1.49. The van der Waals surface area contributed by atoms with Gasteiger partial charge in [0.25, 0.3) is 0 Å². The molecule has 6 heteroatoms. The topological polar surface area (TPSA) is 69.2 Å². The minimum Gasteiger partial charge on any atom is -0.549 e. The molecule has 92 valence electrons. The highest BCUT2D eigenvalue weighted by Gasteiger charge is 2.07. The quantitative estimate of drug-likeness (QED) is 0.888. The Morgan fingerprint density at radius 1 is 1.41 bits per heavy atom. The van der Waals surface area contributed by atoms with Gasteiger partial charge in [-0.25, -0.2) is 0 Å². The number of nitrogens with one attached hydrogen (secondary N) is 1. The Kier molecular flexibility index (Phi) is 5.50. The van der Waals surface area contributed by atoms with E-state index in [-0.39, 0.29) is 11.7 Å². The van der Waals surface area contributed by atoms with Gasteiger partial charge in [0.15, 0.2) is 0 Å². The number of rotatable bonds is 5. The summed E-state index contributed by atoms with van der Waals surface area (Å²) in [4.78, 5) is 21.9. The molecular weight excluding hydrogens is 306 g/mol. The molecule has 1 aromatic carbocycles. The number of aliphatic carboxylic acids is 1. The van der Waals surface area contributed by atoms with E-state index in [1.807, 2.05) is 12.1 Å². The molecule has 1 rings (SSSR count). The van der Waals surface area contributed by atoms with E-state index >= 15 is 0 Å². The van der Waals surface area contributed by atoms with E-state index in [0.29, 0.717) is 5.69 Å². The van der Waals surface area contributed by atoms with Gasteiger partial charge in [0.2, 0.25) is 5.91 Å². The summed E-state index contributed by atoms with van der Waals surface area (Å²) in [5.41, 5.74) is 0.680. The van der Waals surface area contributed by atoms with Gasteiger partial charge in [-0.05, 0) is 31.2 Å². The van der Waals surface area contributed by atoms with Crippen LogP contribution in [-0.4, -0.2) is 22.9 Å². The highest BCUT2D eigenvalue weighted by molar-refractivity contribution is 9.10. The molecule has 0 bridgehead atoms. The van der Waals surface area contributed by atoms with Crippen molar-refractivity contribution in [3.8, 4) is 0 Å². The molecule has 0 aliphatic heterocycles. The number of carbonyl (C=O) groups is 2. The van der Waals surface area contributed by atoms with Crippen LogP contribution in [0, 0.1) is 0 Å². The van der Waals surface area contributed by atoms with E-state index in [0.717, 1.165) is 16.2 Å². The predicted octanol–water partition coefficient (Wildman–Crippen LogP) is 1.26. The average molecular weight is 317 g/mol. The van der Waals surface area contributed by atoms with Gasteiger partial charge in [-0.1, -0.05) is 15.9 Å². The monoisotopic (exact) mass is 316 g/mol. The molecule has 1 aromatic rings. The maximum absolute atomic E-state index is 11.5. The molecule has 0 aromatic heterocycles. The largest absolute Gasteiger partial charge is 0.549 e. The molecule has 0 unspecified atom stereocenters. The van der Waals surface area contributed by atoms with E-state index in [1.54, 1.807) is 12.1 Å². The highest BCUT2D eigenvalue weighted by Crippen LogP contribution is 2.15. The molecule has 0 saturated heterocycles. The van der Waals surface area contributed by atoms with Gasteiger partial charge in [0, 0.05) is 15.4 Å². The Balaban J connectivity index is 2.39. The maximum atomic E-state index is 11.5. The summed E-state index contributed by atoms with van der Waals surface area (Å²) < 4.78 is 0.926. The lowest BCUT2D eigenvalue weighted by molar-refractivity contribution is -0.304. The molecule has 17 heavy (non-hydrogen) atoms. The van der Waals surface area contributed by atoms with E-state index in [1.165, 1.54) is 6.92 Å². The van der Waals surface area contributed by atoms with Crippen LogP contribution in [0.3, 0.4) is 0 Å². The van der Waals surface area contributed by atoms with Gasteiger partial charge in [-0.2, -0.15) is 0 Å². The fourth-order valence-corrected chi connectivity index (χ4v) is 1.87. The number of halogens is 1. The number of amides is 1. The summed E-state index contributed by atoms with van der Waals surface area (Å²) >= 11 is 4.32. The first-order chi connectivity index (χ1) is 7.99. The van der Waals surface area contributed by atoms with E-state index in [2.05, 4.69) is 21.2 Å². The van der Waals surface area contributed by atoms with Crippen LogP contribution in [0.1, 0.15) is 6.92 Å². The van der Waals surface area contributed by atoms with E-state index < -0.39 is 11.2 Å². The van der Waals surface area contributed by atoms with Gasteiger partial charge in [-0.15, -0.1) is 11.8 Å². The first-order valence-corrected chi connectivity index (χ1v) is 6.71. The Bertz CT molecular complexity index is 408. The number of carbonyl (C=O) groups excluding carboxylic acids is 2. The second-order valence-corrected chi connectivity index (χ2v) is 5.57. The zero-order valence-corrected chi connectivity index (χ0v) is 11.5. The summed E-state index contributed by atoms with van der Waals surface area (Å²) in [5, 5.41) is 12.4. The van der Waals surface area contributed by atoms with Gasteiger partial charge in [-0.3, -0.25) is 4.79 Å². The zero-order chi connectivity index (χ0) is 12.8.